The summed E-state index contributed by atoms with van der Waals surface area (Å²) in [7, 11) is 0. The van der Waals surface area contributed by atoms with Crippen LogP contribution in [0.2, 0.25) is 0 Å². The number of piperidine rings is 1. The quantitative estimate of drug-likeness (QED) is 0.862. The van der Waals surface area contributed by atoms with Crippen molar-refractivity contribution < 1.29 is 18.0 Å². The van der Waals surface area contributed by atoms with Gasteiger partial charge < -0.3 is 9.47 Å². The van der Waals surface area contributed by atoms with Gasteiger partial charge in [-0.25, -0.2) is 4.98 Å². The first-order valence-corrected chi connectivity index (χ1v) is 7.81. The van der Waals surface area contributed by atoms with Crippen molar-refractivity contribution >= 4 is 5.91 Å². The second-order valence-corrected chi connectivity index (χ2v) is 5.78. The number of likely N-dealkylation sites (tertiary alicyclic amines) is 1. The van der Waals surface area contributed by atoms with Gasteiger partial charge >= 0.3 is 6.18 Å². The van der Waals surface area contributed by atoms with E-state index in [-0.39, 0.29) is 18.2 Å². The Labute approximate surface area is 136 Å². The molecule has 2 aromatic heterocycles. The highest BCUT2D eigenvalue weighted by atomic mass is 19.4. The molecule has 1 saturated heterocycles. The van der Waals surface area contributed by atoms with Crippen LogP contribution in [0.15, 0.2) is 24.9 Å². The van der Waals surface area contributed by atoms with Crippen molar-refractivity contribution in [1.82, 2.24) is 24.2 Å². The number of amides is 1. The maximum absolute atomic E-state index is 13.3. The summed E-state index contributed by atoms with van der Waals surface area (Å²) in [6, 6.07) is 0.0285. The minimum atomic E-state index is -4.61. The molecule has 1 atom stereocenters. The van der Waals surface area contributed by atoms with Gasteiger partial charge in [-0.2, -0.15) is 18.3 Å². The Hall–Kier alpha value is -2.32. The number of alkyl halides is 3. The van der Waals surface area contributed by atoms with Crippen LogP contribution in [0.5, 0.6) is 0 Å². The predicted molar refractivity (Wildman–Crippen MR) is 79.3 cm³/mol. The lowest BCUT2D eigenvalue weighted by Crippen LogP contribution is -2.41. The number of nitrogens with zero attached hydrogens (tertiary/aromatic N) is 5. The van der Waals surface area contributed by atoms with Gasteiger partial charge in [0.25, 0.3) is 5.91 Å². The molecular weight excluding hydrogens is 323 g/mol. The third-order valence-corrected chi connectivity index (χ3v) is 4.27. The first kappa shape index (κ1) is 16.5. The van der Waals surface area contributed by atoms with Gasteiger partial charge in [0.05, 0.1) is 24.1 Å². The molecule has 0 aromatic carbocycles. The van der Waals surface area contributed by atoms with Crippen LogP contribution in [0.1, 0.15) is 41.9 Å². The summed E-state index contributed by atoms with van der Waals surface area (Å²) in [6.07, 6.45) is 3.11. The highest BCUT2D eigenvalue weighted by Crippen LogP contribution is 2.33. The zero-order chi connectivity index (χ0) is 17.3. The Kier molecular flexibility index (Phi) is 4.33. The Bertz CT molecular complexity index is 707. The smallest absolute Gasteiger partial charge is 0.336 e. The molecule has 0 unspecified atom stereocenters. The number of hydrogen-bond acceptors (Lipinski definition) is 3. The number of aryl methyl sites for hydroxylation is 1. The maximum Gasteiger partial charge on any atom is 0.433 e. The Morgan fingerprint density at radius 2 is 2.21 bits per heavy atom. The molecule has 0 radical (unpaired) electrons. The molecule has 1 aliphatic rings. The highest BCUT2D eigenvalue weighted by Gasteiger charge is 2.41. The summed E-state index contributed by atoms with van der Waals surface area (Å²) in [6.45, 7) is 2.43. The van der Waals surface area contributed by atoms with Gasteiger partial charge in [-0.3, -0.25) is 9.48 Å². The number of aromatic nitrogens is 4. The summed E-state index contributed by atoms with van der Waals surface area (Å²) in [5.74, 6) is -0.619. The van der Waals surface area contributed by atoms with Crippen LogP contribution in [0.25, 0.3) is 0 Å². The van der Waals surface area contributed by atoms with Gasteiger partial charge in [-0.1, -0.05) is 0 Å². The third-order valence-electron chi connectivity index (χ3n) is 4.27. The number of carbonyl (C=O) groups is 1. The maximum atomic E-state index is 13.3. The molecule has 130 valence electrons. The SMILES string of the molecule is CCn1ncc(C(=O)N2CCC[C@H](n3ccnc3)C2)c1C(F)(F)F. The molecule has 3 rings (SSSR count). The minimum Gasteiger partial charge on any atom is -0.336 e. The fourth-order valence-electron chi connectivity index (χ4n) is 3.12. The topological polar surface area (TPSA) is 56.0 Å². The molecule has 1 amide bonds. The molecule has 0 aliphatic carbocycles. The van der Waals surface area contributed by atoms with E-state index in [1.807, 2.05) is 4.57 Å². The first-order valence-electron chi connectivity index (χ1n) is 7.81. The van der Waals surface area contributed by atoms with Crippen molar-refractivity contribution in [3.8, 4) is 0 Å². The fourth-order valence-corrected chi connectivity index (χ4v) is 3.12. The van der Waals surface area contributed by atoms with Crippen LogP contribution in [0, 0.1) is 0 Å². The van der Waals surface area contributed by atoms with E-state index in [1.165, 1.54) is 4.90 Å². The van der Waals surface area contributed by atoms with Gasteiger partial charge in [0.1, 0.15) is 0 Å². The zero-order valence-electron chi connectivity index (χ0n) is 13.2. The van der Waals surface area contributed by atoms with Gasteiger partial charge in [0.15, 0.2) is 5.69 Å². The van der Waals surface area contributed by atoms with Crippen molar-refractivity contribution in [3.63, 3.8) is 0 Å². The summed E-state index contributed by atoms with van der Waals surface area (Å²) >= 11 is 0. The summed E-state index contributed by atoms with van der Waals surface area (Å²) in [5, 5.41) is 3.72. The normalized spacial score (nSPS) is 18.8. The van der Waals surface area contributed by atoms with Crippen molar-refractivity contribution in [1.29, 1.82) is 0 Å². The van der Waals surface area contributed by atoms with Gasteiger partial charge in [-0.05, 0) is 19.8 Å². The molecular formula is C15H18F3N5O. The van der Waals surface area contributed by atoms with Crippen LogP contribution in [0.3, 0.4) is 0 Å². The molecule has 0 N–H and O–H groups in total. The monoisotopic (exact) mass is 341 g/mol. The molecule has 0 saturated carbocycles. The average molecular weight is 341 g/mol. The molecule has 0 bridgehead atoms. The van der Waals surface area contributed by atoms with E-state index < -0.39 is 17.8 Å². The predicted octanol–water partition coefficient (Wildman–Crippen LogP) is 2.60. The van der Waals surface area contributed by atoms with E-state index in [2.05, 4.69) is 10.1 Å². The van der Waals surface area contributed by atoms with E-state index in [0.29, 0.717) is 13.1 Å². The van der Waals surface area contributed by atoms with Crippen LogP contribution in [0.4, 0.5) is 13.2 Å². The Morgan fingerprint density at radius 1 is 1.42 bits per heavy atom. The summed E-state index contributed by atoms with van der Waals surface area (Å²) < 4.78 is 42.7. The fraction of sp³-hybridized carbons (Fsp3) is 0.533. The molecule has 1 aliphatic heterocycles. The number of carbonyl (C=O) groups excluding carboxylic acids is 1. The molecule has 24 heavy (non-hydrogen) atoms. The van der Waals surface area contributed by atoms with Crippen molar-refractivity contribution in [3.05, 3.63) is 36.2 Å². The zero-order valence-corrected chi connectivity index (χ0v) is 13.2. The summed E-state index contributed by atoms with van der Waals surface area (Å²) in [4.78, 5) is 18.1. The second kappa shape index (κ2) is 6.29. The molecule has 2 aromatic rings. The van der Waals surface area contributed by atoms with E-state index >= 15 is 0 Å². The standard InChI is InChI=1S/C15H18F3N5O/c1-2-23-13(15(16,17)18)12(8-20-23)14(24)21-6-3-4-11(9-21)22-7-5-19-10-22/h5,7-8,10-11H,2-4,6,9H2,1H3/t11-/m0/s1. The molecule has 9 heteroatoms. The number of imidazole rings is 1. The van der Waals surface area contributed by atoms with E-state index in [9.17, 15) is 18.0 Å². The Balaban J connectivity index is 1.85. The molecule has 0 spiro atoms. The molecule has 3 heterocycles. The molecule has 1 fully saturated rings. The number of halogens is 3. The number of rotatable bonds is 3. The van der Waals surface area contributed by atoms with Crippen molar-refractivity contribution in [2.24, 2.45) is 0 Å². The Morgan fingerprint density at radius 3 is 2.83 bits per heavy atom. The largest absolute Gasteiger partial charge is 0.433 e. The van der Waals surface area contributed by atoms with Gasteiger partial charge in [-0.15, -0.1) is 0 Å². The lowest BCUT2D eigenvalue weighted by atomic mass is 10.0. The van der Waals surface area contributed by atoms with E-state index in [1.54, 1.807) is 25.6 Å². The minimum absolute atomic E-state index is 0.0285. The third kappa shape index (κ3) is 3.02. The van der Waals surface area contributed by atoms with E-state index in [0.717, 1.165) is 23.7 Å². The average Bonchev–Trinajstić information content (AvgIpc) is 3.23. The van der Waals surface area contributed by atoms with Crippen molar-refractivity contribution in [2.45, 2.75) is 38.5 Å². The summed E-state index contributed by atoms with van der Waals surface area (Å²) in [5.41, 5.74) is -1.35. The number of hydrogen-bond donors (Lipinski definition) is 0. The van der Waals surface area contributed by atoms with E-state index in [4.69, 9.17) is 0 Å². The first-order chi connectivity index (χ1) is 11.4. The lowest BCUT2D eigenvalue weighted by Gasteiger charge is -2.33. The van der Waals surface area contributed by atoms with Crippen LogP contribution >= 0.6 is 0 Å². The van der Waals surface area contributed by atoms with Gasteiger partial charge in [0.2, 0.25) is 0 Å². The van der Waals surface area contributed by atoms with Crippen LogP contribution in [-0.2, 0) is 12.7 Å². The highest BCUT2D eigenvalue weighted by molar-refractivity contribution is 5.95. The lowest BCUT2D eigenvalue weighted by molar-refractivity contribution is -0.144. The van der Waals surface area contributed by atoms with Crippen molar-refractivity contribution in [2.75, 3.05) is 13.1 Å². The van der Waals surface area contributed by atoms with Crippen LogP contribution in [-0.4, -0.2) is 43.2 Å². The molecule has 6 nitrogen and oxygen atoms in total. The van der Waals surface area contributed by atoms with Gasteiger partial charge in [0, 0.05) is 32.0 Å². The van der Waals surface area contributed by atoms with Crippen LogP contribution < -0.4 is 0 Å². The second-order valence-electron chi connectivity index (χ2n) is 5.78.